The lowest BCUT2D eigenvalue weighted by molar-refractivity contribution is 0.00279. The molecule has 1 aliphatic carbocycles. The lowest BCUT2D eigenvalue weighted by Crippen LogP contribution is -2.39. The molecule has 2 nitrogen and oxygen atoms in total. The summed E-state index contributed by atoms with van der Waals surface area (Å²) in [6.45, 7) is 2.10. The normalized spacial score (nSPS) is 22.4. The first-order valence-electron chi connectivity index (χ1n) is 4.84. The predicted octanol–water partition coefficient (Wildman–Crippen LogP) is 2.23. The second-order valence-electron chi connectivity index (χ2n) is 3.78. The molecule has 1 unspecified atom stereocenters. The van der Waals surface area contributed by atoms with E-state index in [9.17, 15) is 5.11 Å². The summed E-state index contributed by atoms with van der Waals surface area (Å²) in [6.07, 6.45) is 5.45. The molecule has 1 rings (SSSR count). The van der Waals surface area contributed by atoms with Gasteiger partial charge in [-0.25, -0.2) is 0 Å². The van der Waals surface area contributed by atoms with Crippen LogP contribution >= 0.6 is 0 Å². The molecule has 0 aromatic rings. The smallest absolute Gasteiger partial charge is 0.0832 e. The minimum atomic E-state index is -0.379. The van der Waals surface area contributed by atoms with Gasteiger partial charge in [0.2, 0.25) is 0 Å². The van der Waals surface area contributed by atoms with E-state index in [0.717, 1.165) is 38.5 Å². The maximum Gasteiger partial charge on any atom is 0.0832 e. The molecule has 1 saturated carbocycles. The van der Waals surface area contributed by atoms with E-state index >= 15 is 0 Å². The lowest BCUT2D eigenvalue weighted by atomic mass is 9.65. The molecule has 0 spiro atoms. The van der Waals surface area contributed by atoms with Crippen LogP contribution in [0.2, 0.25) is 0 Å². The van der Waals surface area contributed by atoms with Crippen LogP contribution in [0.15, 0.2) is 0 Å². The third-order valence-electron chi connectivity index (χ3n) is 2.94. The van der Waals surface area contributed by atoms with Crippen LogP contribution in [0.3, 0.4) is 0 Å². The Morgan fingerprint density at radius 2 is 2.25 bits per heavy atom. The number of rotatable bonds is 4. The van der Waals surface area contributed by atoms with Crippen LogP contribution in [-0.4, -0.2) is 11.2 Å². The zero-order valence-electron chi connectivity index (χ0n) is 7.71. The highest BCUT2D eigenvalue weighted by molar-refractivity contribution is 5.08. The highest BCUT2D eigenvalue weighted by Gasteiger charge is 2.43. The Kier molecular flexibility index (Phi) is 3.11. The average Bonchev–Trinajstić information content (AvgIpc) is 2.00. The number of hydrogen-bond acceptors (Lipinski definition) is 2. The van der Waals surface area contributed by atoms with Gasteiger partial charge in [0.05, 0.1) is 17.6 Å². The highest BCUT2D eigenvalue weighted by atomic mass is 16.3. The van der Waals surface area contributed by atoms with Crippen LogP contribution in [0.25, 0.3) is 0 Å². The highest BCUT2D eigenvalue weighted by Crippen LogP contribution is 2.44. The fourth-order valence-electron chi connectivity index (χ4n) is 1.75. The fraction of sp³-hybridized carbons (Fsp3) is 0.900. The molecule has 1 fully saturated rings. The van der Waals surface area contributed by atoms with Crippen LogP contribution in [-0.2, 0) is 0 Å². The number of unbranched alkanes of at least 4 members (excludes halogenated alkanes) is 1. The first-order valence-corrected chi connectivity index (χ1v) is 4.84. The van der Waals surface area contributed by atoms with Crippen LogP contribution < -0.4 is 0 Å². The van der Waals surface area contributed by atoms with Crippen LogP contribution in [0.4, 0.5) is 0 Å². The number of nitriles is 1. The van der Waals surface area contributed by atoms with Crippen molar-refractivity contribution in [1.82, 2.24) is 0 Å². The van der Waals surface area contributed by atoms with Gasteiger partial charge in [0.25, 0.3) is 0 Å². The van der Waals surface area contributed by atoms with E-state index in [1.165, 1.54) is 0 Å². The number of aliphatic hydroxyl groups is 1. The Labute approximate surface area is 74.2 Å². The van der Waals surface area contributed by atoms with E-state index in [0.29, 0.717) is 0 Å². The summed E-state index contributed by atoms with van der Waals surface area (Å²) in [5, 5.41) is 18.6. The molecule has 0 radical (unpaired) electrons. The zero-order valence-corrected chi connectivity index (χ0v) is 7.71. The maximum atomic E-state index is 9.73. The topological polar surface area (TPSA) is 44.0 Å². The van der Waals surface area contributed by atoms with Crippen molar-refractivity contribution < 1.29 is 5.11 Å². The predicted molar refractivity (Wildman–Crippen MR) is 47.4 cm³/mol. The van der Waals surface area contributed by atoms with Gasteiger partial charge in [-0.15, -0.1) is 0 Å². The standard InChI is InChI=1S/C10H17NO/c1-2-3-5-9(12)10(8-11)6-4-7-10/h9,12H,2-7H2,1H3. The molecule has 0 aliphatic heterocycles. The van der Waals surface area contributed by atoms with Crippen molar-refractivity contribution >= 4 is 0 Å². The minimum absolute atomic E-state index is 0.366. The van der Waals surface area contributed by atoms with Crippen molar-refractivity contribution in [2.45, 2.75) is 51.6 Å². The third-order valence-corrected chi connectivity index (χ3v) is 2.94. The van der Waals surface area contributed by atoms with E-state index in [4.69, 9.17) is 5.26 Å². The summed E-state index contributed by atoms with van der Waals surface area (Å²) in [6, 6.07) is 2.27. The Bertz CT molecular complexity index is 179. The molecule has 1 N–H and O–H groups in total. The summed E-state index contributed by atoms with van der Waals surface area (Å²) >= 11 is 0. The van der Waals surface area contributed by atoms with Gasteiger partial charge < -0.3 is 5.11 Å². The van der Waals surface area contributed by atoms with Crippen molar-refractivity contribution in [3.63, 3.8) is 0 Å². The fourth-order valence-corrected chi connectivity index (χ4v) is 1.75. The van der Waals surface area contributed by atoms with Gasteiger partial charge in [-0.3, -0.25) is 0 Å². The average molecular weight is 167 g/mol. The van der Waals surface area contributed by atoms with Gasteiger partial charge in [0.15, 0.2) is 0 Å². The molecule has 0 amide bonds. The maximum absolute atomic E-state index is 9.73. The molecule has 12 heavy (non-hydrogen) atoms. The van der Waals surface area contributed by atoms with Gasteiger partial charge in [0.1, 0.15) is 0 Å². The van der Waals surface area contributed by atoms with Gasteiger partial charge in [-0.05, 0) is 19.3 Å². The number of hydrogen-bond donors (Lipinski definition) is 1. The molecular weight excluding hydrogens is 150 g/mol. The van der Waals surface area contributed by atoms with E-state index in [1.807, 2.05) is 0 Å². The molecule has 0 heterocycles. The molecule has 0 saturated heterocycles. The summed E-state index contributed by atoms with van der Waals surface area (Å²) in [7, 11) is 0. The van der Waals surface area contributed by atoms with Crippen molar-refractivity contribution in [1.29, 1.82) is 5.26 Å². The van der Waals surface area contributed by atoms with E-state index in [2.05, 4.69) is 13.0 Å². The second kappa shape index (κ2) is 3.91. The Hall–Kier alpha value is -0.550. The number of aliphatic hydroxyl groups excluding tert-OH is 1. The summed E-state index contributed by atoms with van der Waals surface area (Å²) in [5.74, 6) is 0. The molecule has 68 valence electrons. The Morgan fingerprint density at radius 1 is 1.58 bits per heavy atom. The van der Waals surface area contributed by atoms with Crippen LogP contribution in [0, 0.1) is 16.7 Å². The van der Waals surface area contributed by atoms with Crippen molar-refractivity contribution in [3.05, 3.63) is 0 Å². The molecular formula is C10H17NO. The monoisotopic (exact) mass is 167 g/mol. The van der Waals surface area contributed by atoms with Crippen LogP contribution in [0.1, 0.15) is 45.4 Å². The lowest BCUT2D eigenvalue weighted by Gasteiger charge is -2.39. The Morgan fingerprint density at radius 3 is 2.58 bits per heavy atom. The molecule has 0 aromatic carbocycles. The van der Waals surface area contributed by atoms with Gasteiger partial charge in [0, 0.05) is 0 Å². The number of nitrogens with zero attached hydrogens (tertiary/aromatic N) is 1. The van der Waals surface area contributed by atoms with Gasteiger partial charge in [-0.2, -0.15) is 5.26 Å². The quantitative estimate of drug-likeness (QED) is 0.697. The largest absolute Gasteiger partial charge is 0.391 e. The van der Waals surface area contributed by atoms with Crippen molar-refractivity contribution in [3.8, 4) is 6.07 Å². The summed E-state index contributed by atoms with van der Waals surface area (Å²) in [4.78, 5) is 0. The Balaban J connectivity index is 2.39. The molecule has 0 bridgehead atoms. The molecule has 0 aromatic heterocycles. The third kappa shape index (κ3) is 1.61. The molecule has 1 aliphatic rings. The minimum Gasteiger partial charge on any atom is -0.391 e. The summed E-state index contributed by atoms with van der Waals surface area (Å²) in [5.41, 5.74) is -0.366. The van der Waals surface area contributed by atoms with E-state index in [1.54, 1.807) is 0 Å². The van der Waals surface area contributed by atoms with E-state index in [-0.39, 0.29) is 11.5 Å². The first-order chi connectivity index (χ1) is 5.75. The summed E-state index contributed by atoms with van der Waals surface area (Å²) < 4.78 is 0. The van der Waals surface area contributed by atoms with Crippen molar-refractivity contribution in [2.24, 2.45) is 5.41 Å². The molecule has 1 atom stereocenters. The van der Waals surface area contributed by atoms with Crippen LogP contribution in [0.5, 0.6) is 0 Å². The van der Waals surface area contributed by atoms with Crippen molar-refractivity contribution in [2.75, 3.05) is 0 Å². The van der Waals surface area contributed by atoms with Gasteiger partial charge in [-0.1, -0.05) is 26.2 Å². The van der Waals surface area contributed by atoms with E-state index < -0.39 is 0 Å². The SMILES string of the molecule is CCCCC(O)C1(C#N)CCC1. The molecule has 2 heteroatoms. The zero-order chi connectivity index (χ0) is 9.03. The second-order valence-corrected chi connectivity index (χ2v) is 3.78. The first kappa shape index (κ1) is 9.54. The van der Waals surface area contributed by atoms with Gasteiger partial charge >= 0.3 is 0 Å².